The molecule has 0 aromatic heterocycles. The van der Waals surface area contributed by atoms with Crippen molar-refractivity contribution in [2.45, 2.75) is 6.61 Å². The minimum atomic E-state index is -0.947. The Kier molecular flexibility index (Phi) is 4.64. The van der Waals surface area contributed by atoms with E-state index in [1.807, 2.05) is 0 Å². The van der Waals surface area contributed by atoms with Crippen molar-refractivity contribution in [2.75, 3.05) is 0 Å². The fourth-order valence-corrected chi connectivity index (χ4v) is 2.07. The Labute approximate surface area is 127 Å². The summed E-state index contributed by atoms with van der Waals surface area (Å²) >= 11 is 3.29. The van der Waals surface area contributed by atoms with Crippen LogP contribution in [0.15, 0.2) is 46.9 Å². The zero-order chi connectivity index (χ0) is 15.4. The van der Waals surface area contributed by atoms with Crippen molar-refractivity contribution < 1.29 is 18.8 Å². The van der Waals surface area contributed by atoms with Crippen LogP contribution in [0.1, 0.15) is 15.9 Å². The van der Waals surface area contributed by atoms with Crippen molar-refractivity contribution in [3.63, 3.8) is 0 Å². The zero-order valence-electron chi connectivity index (χ0n) is 10.6. The Bertz CT molecular complexity index is 705. The number of ether oxygens (including phenoxy) is 1. The molecule has 21 heavy (non-hydrogen) atoms. The van der Waals surface area contributed by atoms with E-state index in [0.29, 0.717) is 5.56 Å². The maximum Gasteiger partial charge on any atom is 0.345 e. The minimum absolute atomic E-state index is 0.0755. The summed E-state index contributed by atoms with van der Waals surface area (Å²) in [6.07, 6.45) is 0. The summed E-state index contributed by atoms with van der Waals surface area (Å²) in [4.78, 5) is 22.0. The highest BCUT2D eigenvalue weighted by molar-refractivity contribution is 9.10. The van der Waals surface area contributed by atoms with Gasteiger partial charge < -0.3 is 4.74 Å². The summed E-state index contributed by atoms with van der Waals surface area (Å²) in [7, 11) is 0. The average molecular weight is 354 g/mol. The first-order chi connectivity index (χ1) is 9.99. The molecule has 0 aliphatic heterocycles. The number of carbonyl (C=O) groups is 1. The number of benzene rings is 2. The number of hydrogen-bond donors (Lipinski definition) is 0. The van der Waals surface area contributed by atoms with E-state index in [1.165, 1.54) is 0 Å². The molecule has 0 heterocycles. The molecule has 2 aromatic rings. The van der Waals surface area contributed by atoms with Gasteiger partial charge in [0.1, 0.15) is 18.0 Å². The van der Waals surface area contributed by atoms with Gasteiger partial charge in [-0.05, 0) is 18.2 Å². The van der Waals surface area contributed by atoms with Crippen LogP contribution in [0.3, 0.4) is 0 Å². The molecule has 0 saturated carbocycles. The predicted molar refractivity (Wildman–Crippen MR) is 76.3 cm³/mol. The summed E-state index contributed by atoms with van der Waals surface area (Å²) in [5, 5.41) is 10.8. The third kappa shape index (κ3) is 3.63. The van der Waals surface area contributed by atoms with E-state index >= 15 is 0 Å². The van der Waals surface area contributed by atoms with Crippen LogP contribution < -0.4 is 0 Å². The second-order valence-electron chi connectivity index (χ2n) is 4.09. The van der Waals surface area contributed by atoms with Crippen molar-refractivity contribution in [1.29, 1.82) is 0 Å². The van der Waals surface area contributed by atoms with E-state index < -0.39 is 28.0 Å². The molecule has 0 saturated heterocycles. The quantitative estimate of drug-likeness (QED) is 0.475. The molecule has 0 bridgehead atoms. The van der Waals surface area contributed by atoms with Gasteiger partial charge in [-0.2, -0.15) is 0 Å². The lowest BCUT2D eigenvalue weighted by molar-refractivity contribution is -0.385. The van der Waals surface area contributed by atoms with Crippen LogP contribution in [0.2, 0.25) is 0 Å². The lowest BCUT2D eigenvalue weighted by atomic mass is 10.2. The van der Waals surface area contributed by atoms with E-state index in [4.69, 9.17) is 4.74 Å². The lowest BCUT2D eigenvalue weighted by Crippen LogP contribution is -2.09. The van der Waals surface area contributed by atoms with Crippen LogP contribution in [0.5, 0.6) is 0 Å². The molecule has 0 aliphatic carbocycles. The Hall–Kier alpha value is -2.28. The molecule has 0 unspecified atom stereocenters. The molecule has 7 heteroatoms. The molecule has 0 amide bonds. The van der Waals surface area contributed by atoms with E-state index in [-0.39, 0.29) is 6.61 Å². The fourth-order valence-electron chi connectivity index (χ4n) is 1.67. The third-order valence-electron chi connectivity index (χ3n) is 2.69. The first kappa shape index (κ1) is 15.1. The number of nitrogens with zero attached hydrogens (tertiary/aromatic N) is 1. The van der Waals surface area contributed by atoms with Gasteiger partial charge in [0.15, 0.2) is 0 Å². The van der Waals surface area contributed by atoms with Crippen molar-refractivity contribution >= 4 is 27.6 Å². The molecule has 0 spiro atoms. The van der Waals surface area contributed by atoms with E-state index in [9.17, 15) is 19.3 Å². The molecule has 0 N–H and O–H groups in total. The highest BCUT2D eigenvalue weighted by Crippen LogP contribution is 2.22. The van der Waals surface area contributed by atoms with Crippen molar-refractivity contribution in [3.8, 4) is 0 Å². The molecule has 0 aliphatic rings. The number of hydrogen-bond acceptors (Lipinski definition) is 4. The van der Waals surface area contributed by atoms with Gasteiger partial charge in [0.05, 0.1) is 4.92 Å². The first-order valence-corrected chi connectivity index (χ1v) is 6.63. The predicted octanol–water partition coefficient (Wildman–Crippen LogP) is 3.85. The van der Waals surface area contributed by atoms with Crippen LogP contribution in [0, 0.1) is 15.9 Å². The maximum absolute atomic E-state index is 13.2. The monoisotopic (exact) mass is 353 g/mol. The van der Waals surface area contributed by atoms with Crippen LogP contribution in [0.4, 0.5) is 10.1 Å². The van der Waals surface area contributed by atoms with Crippen LogP contribution in [0.25, 0.3) is 0 Å². The molecule has 2 rings (SSSR count). The zero-order valence-corrected chi connectivity index (χ0v) is 12.2. The average Bonchev–Trinajstić information content (AvgIpc) is 2.45. The normalized spacial score (nSPS) is 10.2. The van der Waals surface area contributed by atoms with E-state index in [2.05, 4.69) is 15.9 Å². The Morgan fingerprint density at radius 3 is 2.67 bits per heavy atom. The second-order valence-corrected chi connectivity index (χ2v) is 4.94. The number of rotatable bonds is 4. The van der Waals surface area contributed by atoms with Gasteiger partial charge in [-0.25, -0.2) is 9.18 Å². The van der Waals surface area contributed by atoms with Gasteiger partial charge in [0, 0.05) is 16.1 Å². The highest BCUT2D eigenvalue weighted by Gasteiger charge is 2.22. The molecule has 0 radical (unpaired) electrons. The molecular weight excluding hydrogens is 345 g/mol. The van der Waals surface area contributed by atoms with Crippen LogP contribution in [-0.2, 0) is 11.3 Å². The second kappa shape index (κ2) is 6.45. The summed E-state index contributed by atoms with van der Waals surface area (Å²) in [6, 6.07) is 9.71. The molecule has 5 nitrogen and oxygen atoms in total. The Balaban J connectivity index is 2.19. The Morgan fingerprint density at radius 2 is 2.00 bits per heavy atom. The van der Waals surface area contributed by atoms with E-state index in [0.717, 1.165) is 22.7 Å². The summed E-state index contributed by atoms with van der Waals surface area (Å²) < 4.78 is 18.9. The minimum Gasteiger partial charge on any atom is -0.457 e. The van der Waals surface area contributed by atoms with Crippen LogP contribution >= 0.6 is 15.9 Å². The van der Waals surface area contributed by atoms with E-state index in [1.54, 1.807) is 24.3 Å². The van der Waals surface area contributed by atoms with Gasteiger partial charge in [-0.3, -0.25) is 10.1 Å². The first-order valence-electron chi connectivity index (χ1n) is 5.83. The summed E-state index contributed by atoms with van der Waals surface area (Å²) in [5.74, 6) is -1.69. The van der Waals surface area contributed by atoms with Crippen molar-refractivity contribution in [1.82, 2.24) is 0 Å². The van der Waals surface area contributed by atoms with Gasteiger partial charge >= 0.3 is 5.97 Å². The molecule has 108 valence electrons. The summed E-state index contributed by atoms with van der Waals surface area (Å²) in [5.41, 5.74) is -0.203. The molecular formula is C14H9BrFNO4. The van der Waals surface area contributed by atoms with Crippen LogP contribution in [-0.4, -0.2) is 10.9 Å². The lowest BCUT2D eigenvalue weighted by Gasteiger charge is -2.07. The standard InChI is InChI=1S/C14H9BrFNO4/c15-12-4-2-1-3-9(12)8-21-14(18)11-7-10(16)5-6-13(11)17(19)20/h1-7H,8H2. The molecule has 0 fully saturated rings. The Morgan fingerprint density at radius 1 is 1.29 bits per heavy atom. The smallest absolute Gasteiger partial charge is 0.345 e. The highest BCUT2D eigenvalue weighted by atomic mass is 79.9. The molecule has 2 aromatic carbocycles. The SMILES string of the molecule is O=C(OCc1ccccc1Br)c1cc(F)ccc1[N+](=O)[O-]. The fraction of sp³-hybridized carbons (Fsp3) is 0.0714. The maximum atomic E-state index is 13.2. The topological polar surface area (TPSA) is 69.4 Å². The number of nitro benzene ring substituents is 1. The molecule has 0 atom stereocenters. The largest absolute Gasteiger partial charge is 0.457 e. The van der Waals surface area contributed by atoms with Gasteiger partial charge in [0.2, 0.25) is 0 Å². The number of halogens is 2. The third-order valence-corrected chi connectivity index (χ3v) is 3.47. The van der Waals surface area contributed by atoms with Gasteiger partial charge in [0.25, 0.3) is 5.69 Å². The number of carbonyl (C=O) groups excluding carboxylic acids is 1. The van der Waals surface area contributed by atoms with Crippen molar-refractivity contribution in [3.05, 3.63) is 74.0 Å². The van der Waals surface area contributed by atoms with Crippen molar-refractivity contribution in [2.24, 2.45) is 0 Å². The summed E-state index contributed by atoms with van der Waals surface area (Å²) in [6.45, 7) is -0.0755. The van der Waals surface area contributed by atoms with Gasteiger partial charge in [-0.1, -0.05) is 34.1 Å². The number of nitro groups is 1. The number of esters is 1. The van der Waals surface area contributed by atoms with Gasteiger partial charge in [-0.15, -0.1) is 0 Å².